The third kappa shape index (κ3) is 4.56. The van der Waals surface area contributed by atoms with E-state index >= 15 is 0 Å². The molecule has 26 heavy (non-hydrogen) atoms. The highest BCUT2D eigenvalue weighted by Crippen LogP contribution is 2.32. The van der Waals surface area contributed by atoms with E-state index in [9.17, 15) is 9.59 Å². The molecular formula is C19H17N3O2S2. The fourth-order valence-electron chi connectivity index (χ4n) is 2.38. The molecular weight excluding hydrogens is 366 g/mol. The fourth-order valence-corrected chi connectivity index (χ4v) is 3.69. The number of pyridine rings is 1. The number of aromatic nitrogens is 1. The molecule has 2 aromatic rings. The minimum Gasteiger partial charge on any atom is -0.325 e. The van der Waals surface area contributed by atoms with Crippen LogP contribution in [0.4, 0.5) is 5.69 Å². The van der Waals surface area contributed by atoms with Crippen LogP contribution in [0.1, 0.15) is 17.5 Å². The normalized spacial score (nSPS) is 15.6. The number of anilines is 1. The average Bonchev–Trinajstić information content (AvgIpc) is 2.89. The highest BCUT2D eigenvalue weighted by molar-refractivity contribution is 8.26. The molecule has 1 N–H and O–H groups in total. The Kier molecular flexibility index (Phi) is 5.80. The van der Waals surface area contributed by atoms with Gasteiger partial charge in [-0.25, -0.2) is 0 Å². The van der Waals surface area contributed by atoms with Gasteiger partial charge in [-0.15, -0.1) is 0 Å². The van der Waals surface area contributed by atoms with E-state index < -0.39 is 0 Å². The van der Waals surface area contributed by atoms with Gasteiger partial charge in [0.2, 0.25) is 5.91 Å². The summed E-state index contributed by atoms with van der Waals surface area (Å²) >= 11 is 6.56. The van der Waals surface area contributed by atoms with Crippen LogP contribution in [-0.2, 0) is 9.59 Å². The van der Waals surface area contributed by atoms with Gasteiger partial charge in [-0.1, -0.05) is 53.8 Å². The number of nitrogens with zero attached hydrogens (tertiary/aromatic N) is 2. The molecule has 132 valence electrons. The molecule has 3 rings (SSSR count). The highest BCUT2D eigenvalue weighted by atomic mass is 32.2. The number of carbonyl (C=O) groups is 2. The van der Waals surface area contributed by atoms with Crippen LogP contribution < -0.4 is 5.32 Å². The predicted octanol–water partition coefficient (Wildman–Crippen LogP) is 3.62. The minimum absolute atomic E-state index is 0.158. The van der Waals surface area contributed by atoms with E-state index in [1.54, 1.807) is 24.5 Å². The number of carbonyl (C=O) groups excluding carboxylic acids is 2. The summed E-state index contributed by atoms with van der Waals surface area (Å²) in [6, 6.07) is 11.4. The Morgan fingerprint density at radius 1 is 1.31 bits per heavy atom. The molecule has 0 unspecified atom stereocenters. The number of thiocarbonyl (C=S) groups is 1. The lowest BCUT2D eigenvalue weighted by Crippen LogP contribution is -2.31. The lowest BCUT2D eigenvalue weighted by atomic mass is 10.1. The van der Waals surface area contributed by atoms with Crippen molar-refractivity contribution in [2.24, 2.45) is 0 Å². The number of hydrogen-bond donors (Lipinski definition) is 1. The van der Waals surface area contributed by atoms with Crippen LogP contribution in [0.25, 0.3) is 6.08 Å². The van der Waals surface area contributed by atoms with Gasteiger partial charge in [-0.3, -0.25) is 19.5 Å². The third-order valence-corrected chi connectivity index (χ3v) is 5.13. The first-order valence-electron chi connectivity index (χ1n) is 8.05. The molecule has 0 atom stereocenters. The third-order valence-electron chi connectivity index (χ3n) is 3.76. The molecule has 2 heterocycles. The Balaban J connectivity index is 1.60. The number of hydrogen-bond acceptors (Lipinski definition) is 5. The van der Waals surface area contributed by atoms with Gasteiger partial charge in [0.25, 0.3) is 5.91 Å². The molecule has 1 aliphatic heterocycles. The Labute approximate surface area is 161 Å². The smallest absolute Gasteiger partial charge is 0.266 e. The van der Waals surface area contributed by atoms with Crippen molar-refractivity contribution in [3.8, 4) is 0 Å². The molecule has 1 fully saturated rings. The van der Waals surface area contributed by atoms with Crippen LogP contribution in [0.5, 0.6) is 0 Å². The molecule has 0 aliphatic carbocycles. The second kappa shape index (κ2) is 8.25. The molecule has 1 aromatic heterocycles. The zero-order valence-corrected chi connectivity index (χ0v) is 15.8. The monoisotopic (exact) mass is 383 g/mol. The van der Waals surface area contributed by atoms with Crippen LogP contribution in [0.2, 0.25) is 0 Å². The number of rotatable bonds is 5. The van der Waals surface area contributed by atoms with Crippen LogP contribution in [-0.4, -0.2) is 32.6 Å². The van der Waals surface area contributed by atoms with E-state index in [1.165, 1.54) is 16.7 Å². The van der Waals surface area contributed by atoms with Crippen molar-refractivity contribution in [1.29, 1.82) is 0 Å². The zero-order chi connectivity index (χ0) is 18.5. The van der Waals surface area contributed by atoms with Gasteiger partial charge in [0.1, 0.15) is 4.32 Å². The summed E-state index contributed by atoms with van der Waals surface area (Å²) in [6.45, 7) is 2.27. The number of thioether (sulfide) groups is 1. The quantitative estimate of drug-likeness (QED) is 0.631. The largest absolute Gasteiger partial charge is 0.325 e. The van der Waals surface area contributed by atoms with Gasteiger partial charge in [0, 0.05) is 19.2 Å². The summed E-state index contributed by atoms with van der Waals surface area (Å²) in [7, 11) is 0. The van der Waals surface area contributed by atoms with Crippen LogP contribution >= 0.6 is 24.0 Å². The van der Waals surface area contributed by atoms with Crippen molar-refractivity contribution in [2.75, 3.05) is 11.9 Å². The van der Waals surface area contributed by atoms with Crippen molar-refractivity contribution in [3.05, 3.63) is 64.8 Å². The summed E-state index contributed by atoms with van der Waals surface area (Å²) in [4.78, 5) is 30.6. The molecule has 1 aromatic carbocycles. The SMILES string of the molecule is Cc1ccc(/C=C2/SC(=S)N(CCC(=O)Nc3cccnc3)C2=O)cc1. The average molecular weight is 383 g/mol. The molecule has 0 saturated carbocycles. The van der Waals surface area contributed by atoms with Crippen molar-refractivity contribution in [1.82, 2.24) is 9.88 Å². The second-order valence-electron chi connectivity index (χ2n) is 5.78. The molecule has 7 heteroatoms. The molecule has 1 saturated heterocycles. The maximum absolute atomic E-state index is 12.6. The summed E-state index contributed by atoms with van der Waals surface area (Å²) in [5.74, 6) is -0.343. The minimum atomic E-state index is -0.186. The van der Waals surface area contributed by atoms with Crippen LogP contribution in [0.15, 0.2) is 53.7 Å². The van der Waals surface area contributed by atoms with Crippen molar-refractivity contribution >= 4 is 51.9 Å². The number of aryl methyl sites for hydroxylation is 1. The number of amides is 2. The summed E-state index contributed by atoms with van der Waals surface area (Å²) in [6.07, 6.45) is 5.20. The Bertz CT molecular complexity index is 864. The van der Waals surface area contributed by atoms with E-state index in [2.05, 4.69) is 10.3 Å². The lowest BCUT2D eigenvalue weighted by Gasteiger charge is -2.14. The first kappa shape index (κ1) is 18.3. The van der Waals surface area contributed by atoms with Crippen molar-refractivity contribution < 1.29 is 9.59 Å². The summed E-state index contributed by atoms with van der Waals surface area (Å²) < 4.78 is 0.475. The molecule has 1 aliphatic rings. The molecule has 2 amide bonds. The van der Waals surface area contributed by atoms with Gasteiger partial charge in [-0.2, -0.15) is 0 Å². The Morgan fingerprint density at radius 2 is 2.08 bits per heavy atom. The fraction of sp³-hybridized carbons (Fsp3) is 0.158. The van der Waals surface area contributed by atoms with Gasteiger partial charge in [0.05, 0.1) is 16.8 Å². The van der Waals surface area contributed by atoms with E-state index in [0.29, 0.717) is 14.9 Å². The van der Waals surface area contributed by atoms with Gasteiger partial charge < -0.3 is 5.32 Å². The first-order chi connectivity index (χ1) is 12.5. The van der Waals surface area contributed by atoms with Crippen molar-refractivity contribution in [2.45, 2.75) is 13.3 Å². The van der Waals surface area contributed by atoms with E-state index in [-0.39, 0.29) is 24.8 Å². The highest BCUT2D eigenvalue weighted by Gasteiger charge is 2.32. The standard InChI is InChI=1S/C19H17N3O2S2/c1-13-4-6-14(7-5-13)11-16-18(24)22(19(25)26-16)10-8-17(23)21-15-3-2-9-20-12-15/h2-7,9,11-12H,8,10H2,1H3,(H,21,23)/b16-11+. The number of benzene rings is 1. The Hall–Kier alpha value is -2.51. The van der Waals surface area contributed by atoms with E-state index in [0.717, 1.165) is 11.1 Å². The molecule has 0 spiro atoms. The molecule has 0 radical (unpaired) electrons. The van der Waals surface area contributed by atoms with Gasteiger partial charge >= 0.3 is 0 Å². The summed E-state index contributed by atoms with van der Waals surface area (Å²) in [5, 5.41) is 2.75. The number of nitrogens with one attached hydrogen (secondary N) is 1. The predicted molar refractivity (Wildman–Crippen MR) is 109 cm³/mol. The van der Waals surface area contributed by atoms with Crippen LogP contribution in [0.3, 0.4) is 0 Å². The molecule has 5 nitrogen and oxygen atoms in total. The van der Waals surface area contributed by atoms with Gasteiger partial charge in [-0.05, 0) is 30.7 Å². The first-order valence-corrected chi connectivity index (χ1v) is 9.27. The lowest BCUT2D eigenvalue weighted by molar-refractivity contribution is -0.122. The maximum Gasteiger partial charge on any atom is 0.266 e. The van der Waals surface area contributed by atoms with Crippen LogP contribution in [0, 0.1) is 6.92 Å². The Morgan fingerprint density at radius 3 is 2.77 bits per heavy atom. The summed E-state index contributed by atoms with van der Waals surface area (Å²) in [5.41, 5.74) is 2.74. The van der Waals surface area contributed by atoms with Crippen molar-refractivity contribution in [3.63, 3.8) is 0 Å². The maximum atomic E-state index is 12.6. The molecule has 0 bridgehead atoms. The second-order valence-corrected chi connectivity index (χ2v) is 7.46. The zero-order valence-electron chi connectivity index (χ0n) is 14.1. The van der Waals surface area contributed by atoms with E-state index in [4.69, 9.17) is 12.2 Å². The van der Waals surface area contributed by atoms with Gasteiger partial charge in [0.15, 0.2) is 0 Å². The van der Waals surface area contributed by atoms with E-state index in [1.807, 2.05) is 37.3 Å². The topological polar surface area (TPSA) is 62.3 Å².